The van der Waals surface area contributed by atoms with Gasteiger partial charge in [0.1, 0.15) is 0 Å². The first-order valence-electron chi connectivity index (χ1n) is 7.15. The number of hydrogen-bond donors (Lipinski definition) is 3. The average Bonchev–Trinajstić information content (AvgIpc) is 3.17. The molecule has 3 rings (SSSR count). The molecule has 1 fully saturated rings. The second-order valence-electron chi connectivity index (χ2n) is 5.54. The van der Waals surface area contributed by atoms with Crippen LogP contribution in [0.2, 0.25) is 0 Å². The van der Waals surface area contributed by atoms with Crippen molar-refractivity contribution < 1.29 is 4.79 Å². The Morgan fingerprint density at radius 1 is 1.43 bits per heavy atom. The standard InChI is InChI=1S/C15H20N4O.HI/c1-10-8-16-15(18-10)17-9-11-3-2-4-12(7-11)14(20)19-13-5-6-13;/h2-4,7,10,13H,5-6,8-9H2,1H3,(H,19,20)(H2,16,17,18);1H. The molecule has 3 N–H and O–H groups in total. The predicted octanol–water partition coefficient (Wildman–Crippen LogP) is 1.63. The van der Waals surface area contributed by atoms with Gasteiger partial charge in [-0.2, -0.15) is 0 Å². The fourth-order valence-corrected chi connectivity index (χ4v) is 2.16. The summed E-state index contributed by atoms with van der Waals surface area (Å²) in [5.41, 5.74) is 1.81. The molecule has 0 saturated heterocycles. The molecule has 114 valence electrons. The number of benzene rings is 1. The molecule has 2 aliphatic rings. The van der Waals surface area contributed by atoms with Crippen molar-refractivity contribution in [3.05, 3.63) is 35.4 Å². The maximum absolute atomic E-state index is 12.0. The number of rotatable bonds is 4. The molecule has 0 bridgehead atoms. The van der Waals surface area contributed by atoms with Gasteiger partial charge in [-0.05, 0) is 37.5 Å². The summed E-state index contributed by atoms with van der Waals surface area (Å²) >= 11 is 0. The second-order valence-corrected chi connectivity index (χ2v) is 5.54. The highest BCUT2D eigenvalue weighted by Crippen LogP contribution is 2.19. The minimum Gasteiger partial charge on any atom is -0.352 e. The van der Waals surface area contributed by atoms with Crippen LogP contribution in [0.4, 0.5) is 0 Å². The van der Waals surface area contributed by atoms with Crippen LogP contribution >= 0.6 is 24.0 Å². The highest BCUT2D eigenvalue weighted by atomic mass is 127. The molecule has 1 aromatic carbocycles. The van der Waals surface area contributed by atoms with Gasteiger partial charge in [-0.15, -0.1) is 24.0 Å². The lowest BCUT2D eigenvalue weighted by atomic mass is 10.1. The highest BCUT2D eigenvalue weighted by molar-refractivity contribution is 14.0. The average molecular weight is 400 g/mol. The van der Waals surface area contributed by atoms with Crippen molar-refractivity contribution in [1.29, 1.82) is 0 Å². The molecule has 1 aliphatic carbocycles. The van der Waals surface area contributed by atoms with Gasteiger partial charge < -0.3 is 16.0 Å². The van der Waals surface area contributed by atoms with E-state index >= 15 is 0 Å². The van der Waals surface area contributed by atoms with Gasteiger partial charge in [-0.25, -0.2) is 0 Å². The third kappa shape index (κ3) is 4.59. The van der Waals surface area contributed by atoms with E-state index in [0.29, 0.717) is 18.6 Å². The van der Waals surface area contributed by atoms with Crippen LogP contribution < -0.4 is 16.0 Å². The zero-order valence-corrected chi connectivity index (χ0v) is 14.4. The fourth-order valence-electron chi connectivity index (χ4n) is 2.16. The van der Waals surface area contributed by atoms with Gasteiger partial charge in [0, 0.05) is 24.2 Å². The quantitative estimate of drug-likeness (QED) is 0.674. The minimum absolute atomic E-state index is 0. The SMILES string of the molecule is CC1CN=C(NCc2cccc(C(=O)NC3CC3)c2)N1.I. The third-order valence-corrected chi connectivity index (χ3v) is 3.47. The Morgan fingerprint density at radius 3 is 2.90 bits per heavy atom. The first-order chi connectivity index (χ1) is 9.70. The van der Waals surface area contributed by atoms with Gasteiger partial charge in [-0.3, -0.25) is 9.79 Å². The van der Waals surface area contributed by atoms with Crippen LogP contribution in [0.3, 0.4) is 0 Å². The first kappa shape index (κ1) is 16.1. The molecule has 0 radical (unpaired) electrons. The number of guanidine groups is 1. The van der Waals surface area contributed by atoms with Crippen LogP contribution in [0, 0.1) is 0 Å². The van der Waals surface area contributed by atoms with E-state index in [-0.39, 0.29) is 29.9 Å². The summed E-state index contributed by atoms with van der Waals surface area (Å²) in [7, 11) is 0. The van der Waals surface area contributed by atoms with Crippen LogP contribution in [-0.4, -0.2) is 30.5 Å². The molecule has 0 spiro atoms. The van der Waals surface area contributed by atoms with E-state index in [1.165, 1.54) is 0 Å². The number of amides is 1. The zero-order valence-electron chi connectivity index (χ0n) is 12.1. The fraction of sp³-hybridized carbons (Fsp3) is 0.467. The van der Waals surface area contributed by atoms with Crippen LogP contribution in [0.15, 0.2) is 29.3 Å². The largest absolute Gasteiger partial charge is 0.352 e. The first-order valence-corrected chi connectivity index (χ1v) is 7.15. The summed E-state index contributed by atoms with van der Waals surface area (Å²) in [5.74, 6) is 0.865. The Morgan fingerprint density at radius 2 is 2.24 bits per heavy atom. The third-order valence-electron chi connectivity index (χ3n) is 3.47. The molecule has 1 aliphatic heterocycles. The summed E-state index contributed by atoms with van der Waals surface area (Å²) in [4.78, 5) is 16.3. The van der Waals surface area contributed by atoms with Gasteiger partial charge in [0.15, 0.2) is 5.96 Å². The number of hydrogen-bond acceptors (Lipinski definition) is 4. The summed E-state index contributed by atoms with van der Waals surface area (Å²) in [6.07, 6.45) is 2.22. The summed E-state index contributed by atoms with van der Waals surface area (Å²) in [6.45, 7) is 3.58. The molecule has 0 aromatic heterocycles. The van der Waals surface area contributed by atoms with E-state index in [0.717, 1.165) is 36.5 Å². The zero-order chi connectivity index (χ0) is 13.9. The molecule has 1 atom stereocenters. The molecule has 1 amide bonds. The van der Waals surface area contributed by atoms with E-state index in [4.69, 9.17) is 0 Å². The van der Waals surface area contributed by atoms with Crippen LogP contribution in [-0.2, 0) is 6.54 Å². The van der Waals surface area contributed by atoms with Gasteiger partial charge in [0.2, 0.25) is 0 Å². The van der Waals surface area contributed by atoms with Crippen molar-refractivity contribution in [2.45, 2.75) is 38.4 Å². The number of halogens is 1. The molecule has 1 aromatic rings. The van der Waals surface area contributed by atoms with Crippen LogP contribution in [0.25, 0.3) is 0 Å². The smallest absolute Gasteiger partial charge is 0.251 e. The van der Waals surface area contributed by atoms with Gasteiger partial charge in [-0.1, -0.05) is 12.1 Å². The number of carbonyl (C=O) groups excluding carboxylic acids is 1. The van der Waals surface area contributed by atoms with E-state index in [1.807, 2.05) is 24.3 Å². The van der Waals surface area contributed by atoms with Crippen molar-refractivity contribution in [3.8, 4) is 0 Å². The normalized spacial score (nSPS) is 20.0. The van der Waals surface area contributed by atoms with Crippen molar-refractivity contribution in [1.82, 2.24) is 16.0 Å². The van der Waals surface area contributed by atoms with Gasteiger partial charge in [0.05, 0.1) is 6.54 Å². The predicted molar refractivity (Wildman–Crippen MR) is 94.1 cm³/mol. The maximum atomic E-state index is 12.0. The number of aliphatic imine (C=N–C) groups is 1. The summed E-state index contributed by atoms with van der Waals surface area (Å²) in [6, 6.07) is 8.51. The van der Waals surface area contributed by atoms with E-state index in [2.05, 4.69) is 27.9 Å². The van der Waals surface area contributed by atoms with E-state index < -0.39 is 0 Å². The Kier molecular flexibility index (Phi) is 5.44. The molecule has 5 nitrogen and oxygen atoms in total. The molecular weight excluding hydrogens is 379 g/mol. The van der Waals surface area contributed by atoms with Crippen LogP contribution in [0.1, 0.15) is 35.7 Å². The molecule has 1 saturated carbocycles. The maximum Gasteiger partial charge on any atom is 0.251 e. The van der Waals surface area contributed by atoms with Gasteiger partial charge >= 0.3 is 0 Å². The van der Waals surface area contributed by atoms with Crippen LogP contribution in [0.5, 0.6) is 0 Å². The summed E-state index contributed by atoms with van der Waals surface area (Å²) < 4.78 is 0. The Labute approximate surface area is 142 Å². The Balaban J connectivity index is 0.00000161. The minimum atomic E-state index is 0. The van der Waals surface area contributed by atoms with Crippen molar-refractivity contribution in [2.75, 3.05) is 6.54 Å². The van der Waals surface area contributed by atoms with Crippen molar-refractivity contribution >= 4 is 35.8 Å². The van der Waals surface area contributed by atoms with Gasteiger partial charge in [0.25, 0.3) is 5.91 Å². The molecule has 1 heterocycles. The molecular formula is C15H21IN4O. The lowest BCUT2D eigenvalue weighted by molar-refractivity contribution is 0.0951. The van der Waals surface area contributed by atoms with E-state index in [1.54, 1.807) is 0 Å². The molecule has 21 heavy (non-hydrogen) atoms. The second kappa shape index (κ2) is 7.11. The Hall–Kier alpha value is -1.31. The topological polar surface area (TPSA) is 65.5 Å². The van der Waals surface area contributed by atoms with E-state index in [9.17, 15) is 4.79 Å². The molecule has 6 heteroatoms. The lowest BCUT2D eigenvalue weighted by Crippen LogP contribution is -2.37. The Bertz CT molecular complexity index is 542. The number of nitrogens with zero attached hydrogens (tertiary/aromatic N) is 1. The van der Waals surface area contributed by atoms with Crippen molar-refractivity contribution in [3.63, 3.8) is 0 Å². The van der Waals surface area contributed by atoms with Crippen molar-refractivity contribution in [2.24, 2.45) is 4.99 Å². The number of carbonyl (C=O) groups is 1. The lowest BCUT2D eigenvalue weighted by Gasteiger charge is -2.10. The number of nitrogens with one attached hydrogen (secondary N) is 3. The molecule has 1 unspecified atom stereocenters. The highest BCUT2D eigenvalue weighted by Gasteiger charge is 2.23. The summed E-state index contributed by atoms with van der Waals surface area (Å²) in [5, 5.41) is 9.52. The monoisotopic (exact) mass is 400 g/mol.